The fourth-order valence-corrected chi connectivity index (χ4v) is 7.02. The van der Waals surface area contributed by atoms with Crippen molar-refractivity contribution >= 4 is 5.97 Å². The van der Waals surface area contributed by atoms with E-state index in [2.05, 4.69) is 44.2 Å². The lowest BCUT2D eigenvalue weighted by Gasteiger charge is -2.68. The molecule has 4 aliphatic carbocycles. The van der Waals surface area contributed by atoms with Gasteiger partial charge in [-0.1, -0.05) is 44.2 Å². The largest absolute Gasteiger partial charge is 0.481 e. The van der Waals surface area contributed by atoms with Gasteiger partial charge in [-0.25, -0.2) is 0 Å². The number of benzene rings is 1. The molecule has 1 aromatic rings. The third-order valence-corrected chi connectivity index (χ3v) is 6.43. The molecule has 5 rings (SSSR count). The van der Waals surface area contributed by atoms with E-state index < -0.39 is 11.4 Å². The molecule has 0 spiro atoms. The van der Waals surface area contributed by atoms with E-state index in [1.807, 2.05) is 0 Å². The number of carbonyl (C=O) groups is 1. The third kappa shape index (κ3) is 1.74. The minimum absolute atomic E-state index is 0.0812. The van der Waals surface area contributed by atoms with Crippen molar-refractivity contribution in [2.45, 2.75) is 57.8 Å². The Balaban J connectivity index is 1.89. The highest BCUT2D eigenvalue weighted by Gasteiger charge is 2.68. The van der Waals surface area contributed by atoms with Gasteiger partial charge in [-0.3, -0.25) is 4.79 Å². The zero-order valence-corrected chi connectivity index (χ0v) is 13.0. The number of hydrogen-bond donors (Lipinski definition) is 1. The minimum atomic E-state index is -0.556. The first-order valence-electron chi connectivity index (χ1n) is 8.08. The molecule has 2 unspecified atom stereocenters. The third-order valence-electron chi connectivity index (χ3n) is 6.43. The van der Waals surface area contributed by atoms with E-state index in [9.17, 15) is 9.90 Å². The van der Waals surface area contributed by atoms with Crippen molar-refractivity contribution in [1.82, 2.24) is 0 Å². The predicted octanol–water partition coefficient (Wildman–Crippen LogP) is 4.39. The predicted molar refractivity (Wildman–Crippen MR) is 82.1 cm³/mol. The molecular weight excluding hydrogens is 260 g/mol. The van der Waals surface area contributed by atoms with Crippen LogP contribution in [0.2, 0.25) is 0 Å². The summed E-state index contributed by atoms with van der Waals surface area (Å²) < 4.78 is 0. The molecule has 4 fully saturated rings. The fraction of sp³-hybridized carbons (Fsp3) is 0.632. The summed E-state index contributed by atoms with van der Waals surface area (Å²) in [6.07, 6.45) is 6.11. The maximum Gasteiger partial charge on any atom is 0.309 e. The quantitative estimate of drug-likeness (QED) is 0.874. The lowest BCUT2D eigenvalue weighted by molar-refractivity contribution is -0.191. The molecule has 4 bridgehead atoms. The first-order valence-corrected chi connectivity index (χ1v) is 8.08. The van der Waals surface area contributed by atoms with Crippen LogP contribution >= 0.6 is 0 Å². The highest BCUT2D eigenvalue weighted by molar-refractivity contribution is 5.76. The molecule has 0 aliphatic heterocycles. The molecule has 0 aromatic heterocycles. The topological polar surface area (TPSA) is 37.3 Å². The standard InChI is InChI=1S/C19H24O2/c1-16-8-17(2)10-18(9-16,14-6-4-3-5-7-14)13-19(11-16,12-17)15(20)21/h3-7H,8-13H2,1-2H3,(H,20,21). The van der Waals surface area contributed by atoms with Crippen molar-refractivity contribution in [3.8, 4) is 0 Å². The zero-order valence-electron chi connectivity index (χ0n) is 13.0. The summed E-state index contributed by atoms with van der Waals surface area (Å²) in [5.74, 6) is -0.556. The lowest BCUT2D eigenvalue weighted by Crippen LogP contribution is -2.63. The van der Waals surface area contributed by atoms with Crippen LogP contribution < -0.4 is 0 Å². The van der Waals surface area contributed by atoms with Crippen LogP contribution in [0, 0.1) is 16.2 Å². The maximum atomic E-state index is 12.1. The minimum Gasteiger partial charge on any atom is -0.481 e. The van der Waals surface area contributed by atoms with Gasteiger partial charge < -0.3 is 5.11 Å². The van der Waals surface area contributed by atoms with Gasteiger partial charge in [-0.2, -0.15) is 0 Å². The van der Waals surface area contributed by atoms with E-state index in [0.717, 1.165) is 32.1 Å². The van der Waals surface area contributed by atoms with Crippen LogP contribution in [0.15, 0.2) is 30.3 Å². The van der Waals surface area contributed by atoms with Crippen LogP contribution in [0.5, 0.6) is 0 Å². The Morgan fingerprint density at radius 3 is 2.00 bits per heavy atom. The van der Waals surface area contributed by atoms with E-state index in [4.69, 9.17) is 0 Å². The van der Waals surface area contributed by atoms with Gasteiger partial charge in [-0.15, -0.1) is 0 Å². The van der Waals surface area contributed by atoms with Gasteiger partial charge in [0, 0.05) is 0 Å². The Labute approximate surface area is 126 Å². The van der Waals surface area contributed by atoms with Crippen LogP contribution in [-0.2, 0) is 10.2 Å². The Bertz CT molecular complexity index is 585. The van der Waals surface area contributed by atoms with E-state index >= 15 is 0 Å². The Morgan fingerprint density at radius 1 is 0.905 bits per heavy atom. The number of carboxylic acid groups (broad SMARTS) is 1. The molecule has 0 heterocycles. The molecule has 0 radical (unpaired) electrons. The lowest BCUT2D eigenvalue weighted by atomic mass is 9.35. The van der Waals surface area contributed by atoms with Crippen LogP contribution in [0.3, 0.4) is 0 Å². The van der Waals surface area contributed by atoms with Crippen molar-refractivity contribution in [3.05, 3.63) is 35.9 Å². The molecule has 2 heteroatoms. The summed E-state index contributed by atoms with van der Waals surface area (Å²) in [7, 11) is 0. The first kappa shape index (κ1) is 13.4. The van der Waals surface area contributed by atoms with Crippen LogP contribution in [0.1, 0.15) is 57.9 Å². The van der Waals surface area contributed by atoms with Crippen molar-refractivity contribution in [2.75, 3.05) is 0 Å². The van der Waals surface area contributed by atoms with E-state index in [-0.39, 0.29) is 16.2 Å². The molecular formula is C19H24O2. The van der Waals surface area contributed by atoms with Gasteiger partial charge in [0.25, 0.3) is 0 Å². The molecule has 1 aromatic carbocycles. The molecule has 4 saturated carbocycles. The van der Waals surface area contributed by atoms with Gasteiger partial charge in [0.2, 0.25) is 0 Å². The van der Waals surface area contributed by atoms with Crippen LogP contribution in [0.25, 0.3) is 0 Å². The van der Waals surface area contributed by atoms with Gasteiger partial charge in [0.1, 0.15) is 0 Å². The van der Waals surface area contributed by atoms with Gasteiger partial charge in [0.15, 0.2) is 0 Å². The second-order valence-electron chi connectivity index (χ2n) is 8.91. The molecule has 4 aliphatic rings. The van der Waals surface area contributed by atoms with Gasteiger partial charge >= 0.3 is 5.97 Å². The first-order chi connectivity index (χ1) is 9.79. The summed E-state index contributed by atoms with van der Waals surface area (Å²) in [5, 5.41) is 9.97. The summed E-state index contributed by atoms with van der Waals surface area (Å²) in [6, 6.07) is 10.7. The molecule has 1 N–H and O–H groups in total. The zero-order chi connectivity index (χ0) is 14.9. The van der Waals surface area contributed by atoms with Crippen molar-refractivity contribution in [2.24, 2.45) is 16.2 Å². The number of aliphatic carboxylic acids is 1. The highest BCUT2D eigenvalue weighted by atomic mass is 16.4. The van der Waals surface area contributed by atoms with Gasteiger partial charge in [-0.05, 0) is 60.3 Å². The Hall–Kier alpha value is -1.31. The Kier molecular flexibility index (Phi) is 2.36. The normalized spacial score (nSPS) is 47.5. The highest BCUT2D eigenvalue weighted by Crippen LogP contribution is 2.73. The molecule has 2 atom stereocenters. The molecule has 0 saturated heterocycles. The van der Waals surface area contributed by atoms with Crippen molar-refractivity contribution in [1.29, 1.82) is 0 Å². The summed E-state index contributed by atoms with van der Waals surface area (Å²) in [6.45, 7) is 4.66. The number of rotatable bonds is 2. The maximum absolute atomic E-state index is 12.1. The summed E-state index contributed by atoms with van der Waals surface area (Å²) in [4.78, 5) is 12.1. The number of hydrogen-bond acceptors (Lipinski definition) is 1. The SMILES string of the molecule is CC12CC3(C)CC(C(=O)O)(C1)CC(c1ccccc1)(C2)C3. The molecule has 112 valence electrons. The van der Waals surface area contributed by atoms with E-state index in [1.165, 1.54) is 12.0 Å². The summed E-state index contributed by atoms with van der Waals surface area (Å²) in [5.41, 5.74) is 1.34. The Morgan fingerprint density at radius 2 is 1.48 bits per heavy atom. The van der Waals surface area contributed by atoms with E-state index in [1.54, 1.807) is 0 Å². The van der Waals surface area contributed by atoms with Crippen molar-refractivity contribution < 1.29 is 9.90 Å². The molecule has 0 amide bonds. The molecule has 21 heavy (non-hydrogen) atoms. The average molecular weight is 284 g/mol. The fourth-order valence-electron chi connectivity index (χ4n) is 7.02. The second-order valence-corrected chi connectivity index (χ2v) is 8.91. The van der Waals surface area contributed by atoms with Crippen LogP contribution in [0.4, 0.5) is 0 Å². The second kappa shape index (κ2) is 3.71. The average Bonchev–Trinajstić information content (AvgIpc) is 2.35. The van der Waals surface area contributed by atoms with Gasteiger partial charge in [0.05, 0.1) is 5.41 Å². The van der Waals surface area contributed by atoms with Crippen molar-refractivity contribution in [3.63, 3.8) is 0 Å². The van der Waals surface area contributed by atoms with Crippen LogP contribution in [-0.4, -0.2) is 11.1 Å². The summed E-state index contributed by atoms with van der Waals surface area (Å²) >= 11 is 0. The smallest absolute Gasteiger partial charge is 0.309 e. The monoisotopic (exact) mass is 284 g/mol. The van der Waals surface area contributed by atoms with E-state index in [0.29, 0.717) is 0 Å². The molecule has 2 nitrogen and oxygen atoms in total. The number of carboxylic acids is 1.